The van der Waals surface area contributed by atoms with Crippen molar-refractivity contribution in [3.05, 3.63) is 51.5 Å². The van der Waals surface area contributed by atoms with Crippen LogP contribution < -0.4 is 4.74 Å². The lowest BCUT2D eigenvalue weighted by molar-refractivity contribution is 0.405. The van der Waals surface area contributed by atoms with E-state index in [-0.39, 0.29) is 10.6 Å². The monoisotopic (exact) mass is 328 g/mol. The van der Waals surface area contributed by atoms with Crippen molar-refractivity contribution in [2.75, 3.05) is 7.11 Å². The second-order valence-corrected chi connectivity index (χ2v) is 5.99. The van der Waals surface area contributed by atoms with Gasteiger partial charge < -0.3 is 4.74 Å². The molecule has 4 heteroatoms. The van der Waals surface area contributed by atoms with Gasteiger partial charge in [0.25, 0.3) is 0 Å². The van der Waals surface area contributed by atoms with Crippen LogP contribution in [0.5, 0.6) is 5.75 Å². The predicted octanol–water partition coefficient (Wildman–Crippen LogP) is 4.94. The summed E-state index contributed by atoms with van der Waals surface area (Å²) in [6, 6.07) is 9.02. The lowest BCUT2D eigenvalue weighted by Crippen LogP contribution is -1.98. The van der Waals surface area contributed by atoms with E-state index in [9.17, 15) is 4.39 Å². The third kappa shape index (κ3) is 2.59. The smallest absolute Gasteiger partial charge is 0.131 e. The number of thiophene rings is 1. The van der Waals surface area contributed by atoms with Crippen molar-refractivity contribution in [3.63, 3.8) is 0 Å². The van der Waals surface area contributed by atoms with Crippen LogP contribution in [0.3, 0.4) is 0 Å². The minimum absolute atomic E-state index is 0.168. The molecule has 0 amide bonds. The third-order valence-electron chi connectivity index (χ3n) is 2.77. The van der Waals surface area contributed by atoms with Crippen molar-refractivity contribution < 1.29 is 9.13 Å². The molecule has 0 N–H and O–H groups in total. The van der Waals surface area contributed by atoms with E-state index < -0.39 is 0 Å². The maximum absolute atomic E-state index is 14.0. The van der Waals surface area contributed by atoms with E-state index in [1.165, 1.54) is 10.9 Å². The van der Waals surface area contributed by atoms with Gasteiger partial charge in [-0.15, -0.1) is 11.3 Å². The Kier molecular flexibility index (Phi) is 4.40. The summed E-state index contributed by atoms with van der Waals surface area (Å²) in [5, 5.41) is 0. The van der Waals surface area contributed by atoms with Gasteiger partial charge in [-0.2, -0.15) is 0 Å². The third-order valence-corrected chi connectivity index (χ3v) is 5.32. The Morgan fingerprint density at radius 3 is 2.72 bits per heavy atom. The van der Waals surface area contributed by atoms with Crippen molar-refractivity contribution in [1.29, 1.82) is 0 Å². The number of rotatable bonds is 4. The van der Waals surface area contributed by atoms with Crippen LogP contribution in [0.2, 0.25) is 0 Å². The number of methoxy groups -OCH3 is 1. The molecule has 1 atom stereocenters. The highest BCUT2D eigenvalue weighted by molar-refractivity contribution is 9.09. The van der Waals surface area contributed by atoms with Gasteiger partial charge in [-0.1, -0.05) is 28.9 Å². The molecule has 18 heavy (non-hydrogen) atoms. The van der Waals surface area contributed by atoms with Crippen molar-refractivity contribution in [3.8, 4) is 5.75 Å². The van der Waals surface area contributed by atoms with E-state index >= 15 is 0 Å². The molecule has 0 aliphatic carbocycles. The van der Waals surface area contributed by atoms with E-state index in [2.05, 4.69) is 28.9 Å². The summed E-state index contributed by atoms with van der Waals surface area (Å²) in [7, 11) is 1.56. The molecular weight excluding hydrogens is 315 g/mol. The zero-order valence-electron chi connectivity index (χ0n) is 10.2. The molecule has 0 fully saturated rings. The van der Waals surface area contributed by atoms with E-state index in [0.717, 1.165) is 11.3 Å². The van der Waals surface area contributed by atoms with Gasteiger partial charge >= 0.3 is 0 Å². The summed E-state index contributed by atoms with van der Waals surface area (Å²) < 4.78 is 19.2. The first-order chi connectivity index (χ1) is 8.67. The zero-order chi connectivity index (χ0) is 13.1. The summed E-state index contributed by atoms with van der Waals surface area (Å²) in [6.07, 6.45) is 0.999. The first kappa shape index (κ1) is 13.6. The van der Waals surface area contributed by atoms with Gasteiger partial charge in [-0.05, 0) is 30.7 Å². The van der Waals surface area contributed by atoms with E-state index in [1.54, 1.807) is 30.6 Å². The van der Waals surface area contributed by atoms with Crippen molar-refractivity contribution in [2.45, 2.75) is 18.2 Å². The lowest BCUT2D eigenvalue weighted by atomic mass is 10.1. The predicted molar refractivity (Wildman–Crippen MR) is 77.4 cm³/mol. The first-order valence-electron chi connectivity index (χ1n) is 5.72. The molecule has 1 aromatic heterocycles. The largest absolute Gasteiger partial charge is 0.496 e. The number of hydrogen-bond acceptors (Lipinski definition) is 2. The molecule has 0 aliphatic heterocycles. The average Bonchev–Trinajstić information content (AvgIpc) is 2.86. The Balaban J connectivity index is 2.41. The molecule has 0 bridgehead atoms. The van der Waals surface area contributed by atoms with Gasteiger partial charge in [-0.25, -0.2) is 4.39 Å². The number of benzene rings is 1. The summed E-state index contributed by atoms with van der Waals surface area (Å²) in [6.45, 7) is 2.11. The van der Waals surface area contributed by atoms with Gasteiger partial charge in [0.05, 0.1) is 11.9 Å². The van der Waals surface area contributed by atoms with Gasteiger partial charge in [-0.3, -0.25) is 0 Å². The molecular formula is C14H14BrFOS. The second-order valence-electron chi connectivity index (χ2n) is 3.88. The van der Waals surface area contributed by atoms with Crippen LogP contribution in [0.15, 0.2) is 30.3 Å². The molecule has 96 valence electrons. The van der Waals surface area contributed by atoms with Crippen LogP contribution in [0.1, 0.15) is 27.1 Å². The number of hydrogen-bond donors (Lipinski definition) is 0. The standard InChI is InChI=1S/C14H14BrFOS/c1-3-9-7-8-12(18-9)14(15)13-10(16)5-4-6-11(13)17-2/h4-8,14H,3H2,1-2H3. The molecule has 1 unspecified atom stereocenters. The van der Waals surface area contributed by atoms with Crippen LogP contribution in [0, 0.1) is 5.82 Å². The van der Waals surface area contributed by atoms with Crippen molar-refractivity contribution in [1.82, 2.24) is 0 Å². The summed E-state index contributed by atoms with van der Waals surface area (Å²) in [5.74, 6) is 0.325. The van der Waals surface area contributed by atoms with Gasteiger partial charge in [0.2, 0.25) is 0 Å². The SMILES string of the molecule is CCc1ccc(C(Br)c2c(F)cccc2OC)s1. The summed E-state index contributed by atoms with van der Waals surface area (Å²) in [4.78, 5) is 2.22. The number of alkyl halides is 1. The quantitative estimate of drug-likeness (QED) is 0.722. The molecule has 0 radical (unpaired) electrons. The molecule has 1 nitrogen and oxygen atoms in total. The highest BCUT2D eigenvalue weighted by Crippen LogP contribution is 2.40. The van der Waals surface area contributed by atoms with E-state index in [1.807, 2.05) is 6.07 Å². The average molecular weight is 329 g/mol. The number of halogens is 2. The fourth-order valence-electron chi connectivity index (χ4n) is 1.80. The molecule has 0 saturated heterocycles. The Morgan fingerprint density at radius 1 is 1.33 bits per heavy atom. The highest BCUT2D eigenvalue weighted by atomic mass is 79.9. The summed E-state index contributed by atoms with van der Waals surface area (Å²) in [5.41, 5.74) is 0.560. The van der Waals surface area contributed by atoms with Crippen LogP contribution in [0.4, 0.5) is 4.39 Å². The molecule has 0 spiro atoms. The molecule has 1 heterocycles. The van der Waals surface area contributed by atoms with Gasteiger partial charge in [0, 0.05) is 15.3 Å². The number of aryl methyl sites for hydroxylation is 1. The maximum atomic E-state index is 14.0. The van der Waals surface area contributed by atoms with Crippen LogP contribution >= 0.6 is 27.3 Å². The van der Waals surface area contributed by atoms with Crippen LogP contribution in [-0.2, 0) is 6.42 Å². The Hall–Kier alpha value is -0.870. The van der Waals surface area contributed by atoms with Crippen LogP contribution in [-0.4, -0.2) is 7.11 Å². The minimum atomic E-state index is -0.248. The number of ether oxygens (including phenoxy) is 1. The molecule has 2 aromatic rings. The highest BCUT2D eigenvalue weighted by Gasteiger charge is 2.20. The molecule has 0 aliphatic rings. The van der Waals surface area contributed by atoms with E-state index in [4.69, 9.17) is 4.74 Å². The fourth-order valence-corrected chi connectivity index (χ4v) is 3.62. The molecule has 2 rings (SSSR count). The fraction of sp³-hybridized carbons (Fsp3) is 0.286. The van der Waals surface area contributed by atoms with Gasteiger partial charge in [0.15, 0.2) is 0 Å². The van der Waals surface area contributed by atoms with Gasteiger partial charge in [0.1, 0.15) is 11.6 Å². The molecule has 1 aromatic carbocycles. The Morgan fingerprint density at radius 2 is 2.11 bits per heavy atom. The zero-order valence-corrected chi connectivity index (χ0v) is 12.6. The normalized spacial score (nSPS) is 12.4. The Bertz CT molecular complexity index is 538. The first-order valence-corrected chi connectivity index (χ1v) is 7.45. The Labute approximate surface area is 119 Å². The van der Waals surface area contributed by atoms with Crippen molar-refractivity contribution in [2.24, 2.45) is 0 Å². The topological polar surface area (TPSA) is 9.23 Å². The van der Waals surface area contributed by atoms with Crippen molar-refractivity contribution >= 4 is 27.3 Å². The summed E-state index contributed by atoms with van der Waals surface area (Å²) >= 11 is 5.26. The molecule has 0 saturated carbocycles. The van der Waals surface area contributed by atoms with E-state index in [0.29, 0.717) is 11.3 Å². The second kappa shape index (κ2) is 5.85. The minimum Gasteiger partial charge on any atom is -0.496 e. The van der Waals surface area contributed by atoms with Crippen LogP contribution in [0.25, 0.3) is 0 Å². The lowest BCUT2D eigenvalue weighted by Gasteiger charge is -2.13. The maximum Gasteiger partial charge on any atom is 0.131 e.